The van der Waals surface area contributed by atoms with Crippen molar-refractivity contribution in [3.05, 3.63) is 53.6 Å². The molecule has 7 nitrogen and oxygen atoms in total. The van der Waals surface area contributed by atoms with Crippen molar-refractivity contribution in [3.63, 3.8) is 0 Å². The molecule has 2 rings (SSSR count). The highest BCUT2D eigenvalue weighted by Gasteiger charge is 2.19. The van der Waals surface area contributed by atoms with E-state index in [1.807, 2.05) is 6.92 Å². The number of sulfonamides is 1. The molecule has 3 N–H and O–H groups in total. The number of nitrogens with one attached hydrogen (secondary N) is 3. The Hall–Kier alpha value is -2.29. The molecule has 0 fully saturated rings. The van der Waals surface area contributed by atoms with Crippen LogP contribution in [0.5, 0.6) is 5.75 Å². The highest BCUT2D eigenvalue weighted by atomic mass is 35.5. The summed E-state index contributed by atoms with van der Waals surface area (Å²) in [6.45, 7) is 5.67. The van der Waals surface area contributed by atoms with Gasteiger partial charge in [-0.2, -0.15) is 0 Å². The number of carbonyl (C=O) groups excluding carboxylic acids is 1. The third-order valence-corrected chi connectivity index (χ3v) is 5.32. The molecule has 154 valence electrons. The number of para-hydroxylation sites is 2. The second-order valence-electron chi connectivity index (χ2n) is 5.89. The van der Waals surface area contributed by atoms with Gasteiger partial charge in [-0.1, -0.05) is 25.1 Å². The summed E-state index contributed by atoms with van der Waals surface area (Å²) in [5, 5.41) is 5.90. The van der Waals surface area contributed by atoms with Crippen LogP contribution >= 0.6 is 12.4 Å². The summed E-state index contributed by atoms with van der Waals surface area (Å²) in [4.78, 5) is 12.4. The summed E-state index contributed by atoms with van der Waals surface area (Å²) >= 11 is 0. The number of carbonyl (C=O) groups is 1. The number of rotatable bonds is 9. The van der Waals surface area contributed by atoms with E-state index in [1.165, 1.54) is 19.2 Å². The number of hydrogen-bond donors (Lipinski definition) is 3. The van der Waals surface area contributed by atoms with Crippen molar-refractivity contribution in [2.75, 3.05) is 31.5 Å². The van der Waals surface area contributed by atoms with Gasteiger partial charge in [0.05, 0.1) is 17.7 Å². The maximum atomic E-state index is 12.7. The molecule has 0 saturated heterocycles. The Morgan fingerprint density at radius 2 is 1.82 bits per heavy atom. The van der Waals surface area contributed by atoms with Gasteiger partial charge in [0.2, 0.25) is 0 Å². The monoisotopic (exact) mass is 427 g/mol. The fourth-order valence-corrected chi connectivity index (χ4v) is 3.58. The Morgan fingerprint density at radius 1 is 1.11 bits per heavy atom. The lowest BCUT2D eigenvalue weighted by Gasteiger charge is -2.13. The molecule has 0 unspecified atom stereocenters. The molecule has 0 aliphatic heterocycles. The highest BCUT2D eigenvalue weighted by molar-refractivity contribution is 7.92. The molecule has 0 saturated carbocycles. The fourth-order valence-electron chi connectivity index (χ4n) is 2.48. The van der Waals surface area contributed by atoms with Gasteiger partial charge in [-0.05, 0) is 43.3 Å². The van der Waals surface area contributed by atoms with E-state index in [9.17, 15) is 13.2 Å². The molecule has 0 spiro atoms. The molecule has 0 heterocycles. The fraction of sp³-hybridized carbons (Fsp3) is 0.316. The van der Waals surface area contributed by atoms with Crippen LogP contribution in [0.15, 0.2) is 47.4 Å². The summed E-state index contributed by atoms with van der Waals surface area (Å²) in [6, 6.07) is 11.2. The normalized spacial score (nSPS) is 10.7. The molecule has 2 aromatic rings. The third-order valence-electron chi connectivity index (χ3n) is 3.95. The van der Waals surface area contributed by atoms with Gasteiger partial charge >= 0.3 is 0 Å². The molecule has 0 aromatic heterocycles. The number of ether oxygens (including phenoxy) is 1. The Bertz CT molecular complexity index is 904. The van der Waals surface area contributed by atoms with Crippen LogP contribution in [0, 0.1) is 6.92 Å². The second-order valence-corrected chi connectivity index (χ2v) is 7.57. The molecule has 0 bridgehead atoms. The SMILES string of the molecule is CCNCCNC(=O)c1cc(S(=O)(=O)Nc2ccccc2OC)ccc1C.Cl. The van der Waals surface area contributed by atoms with Crippen LogP contribution in [0.1, 0.15) is 22.8 Å². The van der Waals surface area contributed by atoms with Gasteiger partial charge in [-0.25, -0.2) is 8.42 Å². The summed E-state index contributed by atoms with van der Waals surface area (Å²) in [5.74, 6) is 0.106. The number of halogens is 1. The number of methoxy groups -OCH3 is 1. The van der Waals surface area contributed by atoms with E-state index in [-0.39, 0.29) is 23.2 Å². The predicted molar refractivity (Wildman–Crippen MR) is 113 cm³/mol. The van der Waals surface area contributed by atoms with E-state index in [1.54, 1.807) is 37.3 Å². The van der Waals surface area contributed by atoms with Crippen LogP contribution < -0.4 is 20.1 Å². The highest BCUT2D eigenvalue weighted by Crippen LogP contribution is 2.26. The molecule has 9 heteroatoms. The number of anilines is 1. The number of likely N-dealkylation sites (N-methyl/N-ethyl adjacent to an activating group) is 1. The lowest BCUT2D eigenvalue weighted by atomic mass is 10.1. The predicted octanol–water partition coefficient (Wildman–Crippen LogP) is 2.57. The number of benzene rings is 2. The van der Waals surface area contributed by atoms with Crippen molar-refractivity contribution in [1.82, 2.24) is 10.6 Å². The van der Waals surface area contributed by atoms with E-state index >= 15 is 0 Å². The first-order valence-electron chi connectivity index (χ1n) is 8.64. The molecular formula is C19H26ClN3O4S. The van der Waals surface area contributed by atoms with E-state index < -0.39 is 10.0 Å². The first-order valence-corrected chi connectivity index (χ1v) is 10.1. The quantitative estimate of drug-likeness (QED) is 0.534. The molecule has 2 aromatic carbocycles. The van der Waals surface area contributed by atoms with Crippen molar-refractivity contribution < 1.29 is 17.9 Å². The maximum absolute atomic E-state index is 12.7. The first kappa shape index (κ1) is 23.7. The van der Waals surface area contributed by atoms with E-state index in [4.69, 9.17) is 4.74 Å². The lowest BCUT2D eigenvalue weighted by molar-refractivity contribution is 0.0953. The minimum absolute atomic E-state index is 0. The van der Waals surface area contributed by atoms with E-state index in [0.717, 1.165) is 6.54 Å². The van der Waals surface area contributed by atoms with E-state index in [2.05, 4.69) is 15.4 Å². The molecule has 28 heavy (non-hydrogen) atoms. The van der Waals surface area contributed by atoms with Crippen molar-refractivity contribution in [3.8, 4) is 5.75 Å². The van der Waals surface area contributed by atoms with Gasteiger partial charge in [-0.15, -0.1) is 12.4 Å². The Balaban J connectivity index is 0.00000392. The average Bonchev–Trinajstić information content (AvgIpc) is 2.65. The van der Waals surface area contributed by atoms with Crippen LogP contribution in [0.25, 0.3) is 0 Å². The first-order chi connectivity index (χ1) is 12.9. The van der Waals surface area contributed by atoms with Gasteiger partial charge in [0.15, 0.2) is 0 Å². The maximum Gasteiger partial charge on any atom is 0.262 e. The zero-order valence-corrected chi connectivity index (χ0v) is 17.7. The van der Waals surface area contributed by atoms with Gasteiger partial charge < -0.3 is 15.4 Å². The van der Waals surface area contributed by atoms with Gasteiger partial charge in [0.25, 0.3) is 15.9 Å². The number of aryl methyl sites for hydroxylation is 1. The average molecular weight is 428 g/mol. The largest absolute Gasteiger partial charge is 0.495 e. The lowest BCUT2D eigenvalue weighted by Crippen LogP contribution is -2.32. The minimum Gasteiger partial charge on any atom is -0.495 e. The summed E-state index contributed by atoms with van der Waals surface area (Å²) < 4.78 is 33.2. The van der Waals surface area contributed by atoms with Gasteiger partial charge in [0.1, 0.15) is 5.75 Å². The summed E-state index contributed by atoms with van der Waals surface area (Å²) in [7, 11) is -2.40. The molecule has 0 aliphatic carbocycles. The van der Waals surface area contributed by atoms with Gasteiger partial charge in [0, 0.05) is 18.7 Å². The van der Waals surface area contributed by atoms with Crippen molar-refractivity contribution in [2.45, 2.75) is 18.7 Å². The Morgan fingerprint density at radius 3 is 2.50 bits per heavy atom. The van der Waals surface area contributed by atoms with Gasteiger partial charge in [-0.3, -0.25) is 9.52 Å². The van der Waals surface area contributed by atoms with Crippen molar-refractivity contribution >= 4 is 34.0 Å². The Labute approximate surface area is 172 Å². The second kappa shape index (κ2) is 10.9. The van der Waals surface area contributed by atoms with Crippen LogP contribution in [0.2, 0.25) is 0 Å². The van der Waals surface area contributed by atoms with Crippen LogP contribution in [-0.2, 0) is 10.0 Å². The van der Waals surface area contributed by atoms with Crippen LogP contribution in [-0.4, -0.2) is 41.1 Å². The topological polar surface area (TPSA) is 96.5 Å². The smallest absolute Gasteiger partial charge is 0.262 e. The number of hydrogen-bond acceptors (Lipinski definition) is 5. The standard InChI is InChI=1S/C19H25N3O4S.ClH/c1-4-20-11-12-21-19(23)16-13-15(10-9-14(16)2)27(24,25)22-17-7-5-6-8-18(17)26-3;/h5-10,13,20,22H,4,11-12H2,1-3H3,(H,21,23);1H. The van der Waals surface area contributed by atoms with Crippen LogP contribution in [0.3, 0.4) is 0 Å². The van der Waals surface area contributed by atoms with Crippen LogP contribution in [0.4, 0.5) is 5.69 Å². The van der Waals surface area contributed by atoms with Crippen molar-refractivity contribution in [1.29, 1.82) is 0 Å². The van der Waals surface area contributed by atoms with E-state index in [0.29, 0.717) is 35.7 Å². The zero-order valence-electron chi connectivity index (χ0n) is 16.1. The molecular weight excluding hydrogens is 402 g/mol. The third kappa shape index (κ3) is 6.12. The Kier molecular flexibility index (Phi) is 9.24. The summed E-state index contributed by atoms with van der Waals surface area (Å²) in [5.41, 5.74) is 1.36. The molecule has 0 radical (unpaired) electrons. The zero-order chi connectivity index (χ0) is 19.9. The molecule has 0 aliphatic rings. The minimum atomic E-state index is -3.87. The molecule has 0 atom stereocenters. The number of amides is 1. The summed E-state index contributed by atoms with van der Waals surface area (Å²) in [6.07, 6.45) is 0. The molecule has 1 amide bonds. The van der Waals surface area contributed by atoms with Crippen molar-refractivity contribution in [2.24, 2.45) is 0 Å².